The van der Waals surface area contributed by atoms with Gasteiger partial charge in [0.1, 0.15) is 6.10 Å². The molecule has 19 heavy (non-hydrogen) atoms. The average molecular weight is 273 g/mol. The molecule has 2 unspecified atom stereocenters. The van der Waals surface area contributed by atoms with Gasteiger partial charge in [0.15, 0.2) is 5.78 Å². The minimum Gasteiger partial charge on any atom is -0.444 e. The molecular formula is C14H27NO4. The van der Waals surface area contributed by atoms with Crippen molar-refractivity contribution in [1.29, 1.82) is 0 Å². The molecule has 0 aromatic heterocycles. The summed E-state index contributed by atoms with van der Waals surface area (Å²) in [6.07, 6.45) is -0.0218. The van der Waals surface area contributed by atoms with Gasteiger partial charge in [0.2, 0.25) is 0 Å². The monoisotopic (exact) mass is 273 g/mol. The van der Waals surface area contributed by atoms with Crippen molar-refractivity contribution >= 4 is 11.9 Å². The third kappa shape index (κ3) is 6.57. The molecule has 5 heteroatoms. The molecule has 1 N–H and O–H groups in total. The molecule has 1 aliphatic rings. The average Bonchev–Trinajstić information content (AvgIpc) is 2.79. The van der Waals surface area contributed by atoms with Crippen LogP contribution in [0.1, 0.15) is 48.0 Å². The van der Waals surface area contributed by atoms with Gasteiger partial charge in [0, 0.05) is 6.42 Å². The van der Waals surface area contributed by atoms with Gasteiger partial charge in [-0.05, 0) is 12.3 Å². The summed E-state index contributed by atoms with van der Waals surface area (Å²) in [5, 5.41) is 2.62. The molecule has 112 valence electrons. The van der Waals surface area contributed by atoms with E-state index in [0.29, 0.717) is 19.6 Å². The highest BCUT2D eigenvalue weighted by molar-refractivity contribution is 5.86. The molecule has 1 saturated heterocycles. The van der Waals surface area contributed by atoms with Crippen molar-refractivity contribution < 1.29 is 19.1 Å². The molecule has 1 heterocycles. The highest BCUT2D eigenvalue weighted by atomic mass is 16.6. The van der Waals surface area contributed by atoms with E-state index >= 15 is 0 Å². The summed E-state index contributed by atoms with van der Waals surface area (Å²) < 4.78 is 10.3. The number of hydrogen-bond donors (Lipinski definition) is 1. The first-order valence-corrected chi connectivity index (χ1v) is 6.86. The maximum atomic E-state index is 11.6. The van der Waals surface area contributed by atoms with Gasteiger partial charge in [-0.3, -0.25) is 4.79 Å². The van der Waals surface area contributed by atoms with Gasteiger partial charge < -0.3 is 14.8 Å². The number of amides is 1. The number of nitrogens with one attached hydrogen (secondary N) is 1. The zero-order valence-electron chi connectivity index (χ0n) is 12.9. The summed E-state index contributed by atoms with van der Waals surface area (Å²) in [6, 6.07) is -0.530. The third-order valence-electron chi connectivity index (χ3n) is 2.70. The molecule has 0 spiro atoms. The van der Waals surface area contributed by atoms with Gasteiger partial charge in [-0.15, -0.1) is 0 Å². The maximum absolute atomic E-state index is 11.6. The van der Waals surface area contributed by atoms with Crippen LogP contribution in [-0.4, -0.2) is 37.2 Å². The fourth-order valence-corrected chi connectivity index (χ4v) is 1.84. The number of Topliss-reactive ketones (excluding diaryl/α,β-unsaturated/α-hetero) is 1. The molecule has 0 aromatic rings. The number of rotatable bonds is 3. The van der Waals surface area contributed by atoms with Crippen molar-refractivity contribution in [1.82, 2.24) is 5.32 Å². The molecule has 1 fully saturated rings. The van der Waals surface area contributed by atoms with Gasteiger partial charge >= 0.3 is 6.09 Å². The van der Waals surface area contributed by atoms with Crippen molar-refractivity contribution in [2.45, 2.75) is 60.1 Å². The van der Waals surface area contributed by atoms with E-state index in [4.69, 9.17) is 9.47 Å². The SMILES string of the molecule is CC.CC(=O)C(NC(=O)OC1CCOC1)C(C)(C)C. The molecule has 1 rings (SSSR count). The Morgan fingerprint density at radius 3 is 2.26 bits per heavy atom. The first-order chi connectivity index (χ1) is 8.80. The van der Waals surface area contributed by atoms with Gasteiger partial charge in [-0.25, -0.2) is 4.79 Å². The smallest absolute Gasteiger partial charge is 0.408 e. The minimum absolute atomic E-state index is 0.0721. The predicted octanol–water partition coefficient (Wildman–Crippen LogP) is 2.53. The summed E-state index contributed by atoms with van der Waals surface area (Å²) in [4.78, 5) is 23.1. The number of ether oxygens (including phenoxy) is 2. The van der Waals surface area contributed by atoms with E-state index in [-0.39, 0.29) is 17.3 Å². The highest BCUT2D eigenvalue weighted by Crippen LogP contribution is 2.20. The summed E-state index contributed by atoms with van der Waals surface area (Å²) in [5.74, 6) is -0.0721. The molecule has 2 atom stereocenters. The summed E-state index contributed by atoms with van der Waals surface area (Å²) in [7, 11) is 0. The van der Waals surface area contributed by atoms with Gasteiger partial charge in [-0.2, -0.15) is 0 Å². The maximum Gasteiger partial charge on any atom is 0.408 e. The van der Waals surface area contributed by atoms with Crippen LogP contribution in [0.15, 0.2) is 0 Å². The molecule has 0 aromatic carbocycles. The molecule has 0 bridgehead atoms. The van der Waals surface area contributed by atoms with Crippen LogP contribution in [-0.2, 0) is 14.3 Å². The Bertz CT molecular complexity index is 290. The van der Waals surface area contributed by atoms with E-state index in [0.717, 1.165) is 0 Å². The Labute approximate surface area is 116 Å². The topological polar surface area (TPSA) is 64.6 Å². The minimum atomic E-state index is -0.546. The lowest BCUT2D eigenvalue weighted by atomic mass is 9.85. The Morgan fingerprint density at radius 1 is 1.32 bits per heavy atom. The van der Waals surface area contributed by atoms with Crippen LogP contribution in [0.5, 0.6) is 0 Å². The second-order valence-electron chi connectivity index (χ2n) is 5.44. The van der Waals surface area contributed by atoms with Crippen LogP contribution in [0.4, 0.5) is 4.79 Å². The van der Waals surface area contributed by atoms with Gasteiger partial charge in [0.25, 0.3) is 0 Å². The second-order valence-corrected chi connectivity index (χ2v) is 5.44. The predicted molar refractivity (Wildman–Crippen MR) is 74.1 cm³/mol. The summed E-state index contributed by atoms with van der Waals surface area (Å²) >= 11 is 0. The van der Waals surface area contributed by atoms with Gasteiger partial charge in [0.05, 0.1) is 19.3 Å². The van der Waals surface area contributed by atoms with Crippen molar-refractivity contribution in [3.8, 4) is 0 Å². The number of ketones is 1. The van der Waals surface area contributed by atoms with E-state index in [1.165, 1.54) is 6.92 Å². The van der Waals surface area contributed by atoms with Crippen LogP contribution in [0.2, 0.25) is 0 Å². The largest absolute Gasteiger partial charge is 0.444 e. The fraction of sp³-hybridized carbons (Fsp3) is 0.857. The number of carbonyl (C=O) groups excluding carboxylic acids is 2. The number of hydrogen-bond acceptors (Lipinski definition) is 4. The standard InChI is InChI=1S/C12H21NO4.C2H6/c1-8(14)10(12(2,3)4)13-11(15)17-9-5-6-16-7-9;1-2/h9-10H,5-7H2,1-4H3,(H,13,15);1-2H3. The first kappa shape index (κ1) is 17.9. The van der Waals surface area contributed by atoms with Crippen molar-refractivity contribution in [3.63, 3.8) is 0 Å². The lowest BCUT2D eigenvalue weighted by Gasteiger charge is -2.29. The third-order valence-corrected chi connectivity index (χ3v) is 2.70. The van der Waals surface area contributed by atoms with Crippen LogP contribution >= 0.6 is 0 Å². The van der Waals surface area contributed by atoms with Gasteiger partial charge in [-0.1, -0.05) is 34.6 Å². The van der Waals surface area contributed by atoms with E-state index in [1.807, 2.05) is 34.6 Å². The lowest BCUT2D eigenvalue weighted by Crippen LogP contribution is -2.49. The number of alkyl carbamates (subject to hydrolysis) is 1. The quantitative estimate of drug-likeness (QED) is 0.858. The highest BCUT2D eigenvalue weighted by Gasteiger charge is 2.31. The van der Waals surface area contributed by atoms with Crippen LogP contribution < -0.4 is 5.32 Å². The lowest BCUT2D eigenvalue weighted by molar-refractivity contribution is -0.121. The Hall–Kier alpha value is -1.10. The Balaban J connectivity index is 0.00000154. The molecule has 1 aliphatic heterocycles. The molecular weight excluding hydrogens is 246 g/mol. The molecule has 5 nitrogen and oxygen atoms in total. The van der Waals surface area contributed by atoms with E-state index in [9.17, 15) is 9.59 Å². The number of carbonyl (C=O) groups is 2. The molecule has 0 saturated carbocycles. The van der Waals surface area contributed by atoms with E-state index in [1.54, 1.807) is 0 Å². The van der Waals surface area contributed by atoms with Crippen molar-refractivity contribution in [2.24, 2.45) is 5.41 Å². The zero-order chi connectivity index (χ0) is 15.1. The van der Waals surface area contributed by atoms with Crippen LogP contribution in [0, 0.1) is 5.41 Å². The van der Waals surface area contributed by atoms with Crippen molar-refractivity contribution in [2.75, 3.05) is 13.2 Å². The zero-order valence-corrected chi connectivity index (χ0v) is 12.9. The van der Waals surface area contributed by atoms with E-state index in [2.05, 4.69) is 5.32 Å². The summed E-state index contributed by atoms with van der Waals surface area (Å²) in [5.41, 5.74) is -0.322. The Morgan fingerprint density at radius 2 is 1.89 bits per heavy atom. The second kappa shape index (κ2) is 8.15. The summed E-state index contributed by atoms with van der Waals surface area (Å²) in [6.45, 7) is 12.2. The molecule has 0 radical (unpaired) electrons. The Kier molecular flexibility index (Phi) is 7.68. The van der Waals surface area contributed by atoms with Crippen LogP contribution in [0.25, 0.3) is 0 Å². The fourth-order valence-electron chi connectivity index (χ4n) is 1.84. The molecule has 0 aliphatic carbocycles. The van der Waals surface area contributed by atoms with Crippen molar-refractivity contribution in [3.05, 3.63) is 0 Å². The van der Waals surface area contributed by atoms with Crippen LogP contribution in [0.3, 0.4) is 0 Å². The first-order valence-electron chi connectivity index (χ1n) is 6.86. The van der Waals surface area contributed by atoms with E-state index < -0.39 is 12.1 Å². The molecule has 1 amide bonds. The normalized spacial score (nSPS) is 20.0.